The third-order valence-corrected chi connectivity index (χ3v) is 3.85. The third-order valence-electron chi connectivity index (χ3n) is 2.73. The highest BCUT2D eigenvalue weighted by Crippen LogP contribution is 2.27. The van der Waals surface area contributed by atoms with Gasteiger partial charge < -0.3 is 11.1 Å². The number of thioether (sulfide) groups is 1. The molecule has 17 heavy (non-hydrogen) atoms. The number of hydrogen-bond acceptors (Lipinski definition) is 3. The number of anilines is 1. The SMILES string of the molecule is CCCCC(C)NC(C)Sc1ccccc1N. The second-order valence-corrected chi connectivity index (χ2v) is 5.89. The lowest BCUT2D eigenvalue weighted by Gasteiger charge is -2.20. The van der Waals surface area contributed by atoms with Gasteiger partial charge in [0.1, 0.15) is 0 Å². The van der Waals surface area contributed by atoms with Crippen molar-refractivity contribution in [3.8, 4) is 0 Å². The van der Waals surface area contributed by atoms with Crippen LogP contribution in [0.15, 0.2) is 29.2 Å². The van der Waals surface area contributed by atoms with Gasteiger partial charge in [0.25, 0.3) is 0 Å². The molecule has 0 fully saturated rings. The first-order valence-corrected chi connectivity index (χ1v) is 7.28. The Kier molecular flexibility index (Phi) is 6.45. The summed E-state index contributed by atoms with van der Waals surface area (Å²) in [5, 5.41) is 3.99. The van der Waals surface area contributed by atoms with Crippen molar-refractivity contribution in [2.24, 2.45) is 0 Å². The van der Waals surface area contributed by atoms with Crippen LogP contribution in [0.4, 0.5) is 5.69 Å². The minimum atomic E-state index is 0.395. The van der Waals surface area contributed by atoms with Gasteiger partial charge in [0.05, 0.1) is 5.37 Å². The number of nitrogens with one attached hydrogen (secondary N) is 1. The van der Waals surface area contributed by atoms with E-state index in [0.29, 0.717) is 11.4 Å². The Labute approximate surface area is 109 Å². The van der Waals surface area contributed by atoms with Gasteiger partial charge in [0.15, 0.2) is 0 Å². The van der Waals surface area contributed by atoms with Crippen molar-refractivity contribution in [3.63, 3.8) is 0 Å². The Balaban J connectivity index is 2.39. The monoisotopic (exact) mass is 252 g/mol. The van der Waals surface area contributed by atoms with Crippen LogP contribution in [-0.2, 0) is 0 Å². The second-order valence-electron chi connectivity index (χ2n) is 4.51. The summed E-state index contributed by atoms with van der Waals surface area (Å²) in [5.41, 5.74) is 6.80. The van der Waals surface area contributed by atoms with E-state index >= 15 is 0 Å². The van der Waals surface area contributed by atoms with Gasteiger partial charge in [0.2, 0.25) is 0 Å². The van der Waals surface area contributed by atoms with Crippen LogP contribution < -0.4 is 11.1 Å². The Hall–Kier alpha value is -0.670. The molecule has 0 aliphatic rings. The molecule has 0 aliphatic heterocycles. The molecule has 0 aliphatic carbocycles. The molecule has 1 aromatic rings. The van der Waals surface area contributed by atoms with E-state index in [2.05, 4.69) is 32.2 Å². The molecule has 0 spiro atoms. The number of nitrogens with two attached hydrogens (primary N) is 1. The zero-order valence-electron chi connectivity index (χ0n) is 11.1. The highest BCUT2D eigenvalue weighted by molar-refractivity contribution is 8.00. The fraction of sp³-hybridized carbons (Fsp3) is 0.571. The van der Waals surface area contributed by atoms with Gasteiger partial charge in [-0.25, -0.2) is 0 Å². The van der Waals surface area contributed by atoms with Crippen LogP contribution in [0.3, 0.4) is 0 Å². The molecule has 0 saturated heterocycles. The van der Waals surface area contributed by atoms with Gasteiger partial charge in [-0.3, -0.25) is 0 Å². The van der Waals surface area contributed by atoms with E-state index in [1.165, 1.54) is 19.3 Å². The number of hydrogen-bond donors (Lipinski definition) is 2. The summed E-state index contributed by atoms with van der Waals surface area (Å²) in [6.07, 6.45) is 3.80. The number of rotatable bonds is 7. The fourth-order valence-electron chi connectivity index (χ4n) is 1.81. The van der Waals surface area contributed by atoms with E-state index in [0.717, 1.165) is 10.6 Å². The summed E-state index contributed by atoms with van der Waals surface area (Å²) in [4.78, 5) is 1.16. The molecule has 0 aromatic heterocycles. The maximum absolute atomic E-state index is 5.93. The predicted octanol–water partition coefficient (Wildman–Crippen LogP) is 3.88. The lowest BCUT2D eigenvalue weighted by molar-refractivity contribution is 0.494. The van der Waals surface area contributed by atoms with Crippen LogP contribution in [0.1, 0.15) is 40.0 Å². The van der Waals surface area contributed by atoms with Gasteiger partial charge in [0, 0.05) is 16.6 Å². The maximum atomic E-state index is 5.93. The predicted molar refractivity (Wildman–Crippen MR) is 78.3 cm³/mol. The molecular formula is C14H24N2S. The molecule has 1 rings (SSSR count). The number of para-hydroxylation sites is 1. The van der Waals surface area contributed by atoms with Gasteiger partial charge in [-0.05, 0) is 32.4 Å². The van der Waals surface area contributed by atoms with Gasteiger partial charge >= 0.3 is 0 Å². The summed E-state index contributed by atoms with van der Waals surface area (Å²) >= 11 is 1.80. The molecule has 0 saturated carbocycles. The minimum Gasteiger partial charge on any atom is -0.398 e. The molecule has 2 unspecified atom stereocenters. The van der Waals surface area contributed by atoms with Crippen molar-refractivity contribution in [1.82, 2.24) is 5.32 Å². The molecule has 0 amide bonds. The quantitative estimate of drug-likeness (QED) is 0.439. The first kappa shape index (κ1) is 14.4. The number of unbranched alkanes of at least 4 members (excludes halogenated alkanes) is 1. The van der Waals surface area contributed by atoms with Crippen LogP contribution in [0.2, 0.25) is 0 Å². The Morgan fingerprint density at radius 2 is 2.00 bits per heavy atom. The lowest BCUT2D eigenvalue weighted by atomic mass is 10.1. The molecule has 1 aromatic carbocycles. The molecule has 96 valence electrons. The van der Waals surface area contributed by atoms with Crippen molar-refractivity contribution < 1.29 is 0 Å². The van der Waals surface area contributed by atoms with Crippen molar-refractivity contribution >= 4 is 17.4 Å². The summed E-state index contributed by atoms with van der Waals surface area (Å²) in [5.74, 6) is 0. The van der Waals surface area contributed by atoms with Crippen molar-refractivity contribution in [2.45, 2.75) is 56.3 Å². The summed E-state index contributed by atoms with van der Waals surface area (Å²) in [7, 11) is 0. The van der Waals surface area contributed by atoms with E-state index in [1.807, 2.05) is 18.2 Å². The van der Waals surface area contributed by atoms with Gasteiger partial charge in [-0.2, -0.15) is 0 Å². The lowest BCUT2D eigenvalue weighted by Crippen LogP contribution is -2.32. The maximum Gasteiger partial charge on any atom is 0.0553 e. The third kappa shape index (κ3) is 5.46. The Morgan fingerprint density at radius 3 is 2.65 bits per heavy atom. The molecular weight excluding hydrogens is 228 g/mol. The van der Waals surface area contributed by atoms with Crippen LogP contribution in [0.25, 0.3) is 0 Å². The standard InChI is InChI=1S/C14H24N2S/c1-4-5-8-11(2)16-12(3)17-14-10-7-6-9-13(14)15/h6-7,9-12,16H,4-5,8,15H2,1-3H3. The summed E-state index contributed by atoms with van der Waals surface area (Å²) < 4.78 is 0. The zero-order chi connectivity index (χ0) is 12.7. The molecule has 2 nitrogen and oxygen atoms in total. The topological polar surface area (TPSA) is 38.0 Å². The highest BCUT2D eigenvalue weighted by atomic mass is 32.2. The van der Waals surface area contributed by atoms with E-state index in [1.54, 1.807) is 11.8 Å². The average Bonchev–Trinajstić information content (AvgIpc) is 2.29. The first-order valence-electron chi connectivity index (χ1n) is 6.40. The molecule has 2 atom stereocenters. The largest absolute Gasteiger partial charge is 0.398 e. The minimum absolute atomic E-state index is 0.395. The Morgan fingerprint density at radius 1 is 1.29 bits per heavy atom. The number of nitrogen functional groups attached to an aromatic ring is 1. The zero-order valence-corrected chi connectivity index (χ0v) is 11.9. The highest BCUT2D eigenvalue weighted by Gasteiger charge is 2.09. The van der Waals surface area contributed by atoms with Crippen LogP contribution >= 0.6 is 11.8 Å². The van der Waals surface area contributed by atoms with Crippen LogP contribution in [0.5, 0.6) is 0 Å². The molecule has 0 bridgehead atoms. The van der Waals surface area contributed by atoms with Crippen molar-refractivity contribution in [1.29, 1.82) is 0 Å². The second kappa shape index (κ2) is 7.62. The van der Waals surface area contributed by atoms with E-state index in [9.17, 15) is 0 Å². The van der Waals surface area contributed by atoms with Crippen molar-refractivity contribution in [3.05, 3.63) is 24.3 Å². The van der Waals surface area contributed by atoms with Gasteiger partial charge in [-0.15, -0.1) is 11.8 Å². The first-order chi connectivity index (χ1) is 8.13. The van der Waals surface area contributed by atoms with Crippen LogP contribution in [0, 0.1) is 0 Å². The van der Waals surface area contributed by atoms with Crippen LogP contribution in [-0.4, -0.2) is 11.4 Å². The van der Waals surface area contributed by atoms with Crippen molar-refractivity contribution in [2.75, 3.05) is 5.73 Å². The molecule has 3 heteroatoms. The number of benzene rings is 1. The van der Waals surface area contributed by atoms with E-state index in [-0.39, 0.29) is 0 Å². The fourth-order valence-corrected chi connectivity index (χ4v) is 2.85. The van der Waals surface area contributed by atoms with E-state index < -0.39 is 0 Å². The van der Waals surface area contributed by atoms with E-state index in [4.69, 9.17) is 5.73 Å². The summed E-state index contributed by atoms with van der Waals surface area (Å²) in [6, 6.07) is 8.61. The molecule has 3 N–H and O–H groups in total. The molecule has 0 heterocycles. The molecule has 0 radical (unpaired) electrons. The van der Waals surface area contributed by atoms with Gasteiger partial charge in [-0.1, -0.05) is 31.9 Å². The smallest absolute Gasteiger partial charge is 0.0553 e. The Bertz CT molecular complexity index is 328. The average molecular weight is 252 g/mol. The normalized spacial score (nSPS) is 14.5. The summed E-state index contributed by atoms with van der Waals surface area (Å²) in [6.45, 7) is 6.68.